The van der Waals surface area contributed by atoms with Gasteiger partial charge in [0.05, 0.1) is 13.2 Å². The molecule has 1 saturated heterocycles. The number of hydrogen-bond donors (Lipinski definition) is 1. The first-order valence-electron chi connectivity index (χ1n) is 7.12. The minimum atomic E-state index is 0.311. The predicted molar refractivity (Wildman–Crippen MR) is 83.6 cm³/mol. The molecule has 0 saturated carbocycles. The Morgan fingerprint density at radius 1 is 1.55 bits per heavy atom. The average molecular weight is 292 g/mol. The van der Waals surface area contributed by atoms with E-state index in [2.05, 4.69) is 22.3 Å². The molecule has 1 fully saturated rings. The number of fused-ring (bicyclic) bond motifs is 1. The molecule has 0 aliphatic carbocycles. The van der Waals surface area contributed by atoms with Crippen LogP contribution in [0.1, 0.15) is 18.4 Å². The van der Waals surface area contributed by atoms with Crippen LogP contribution in [-0.4, -0.2) is 38.0 Å². The number of rotatable bonds is 3. The van der Waals surface area contributed by atoms with Crippen LogP contribution in [0.5, 0.6) is 5.75 Å². The fourth-order valence-corrected chi connectivity index (χ4v) is 3.09. The van der Waals surface area contributed by atoms with E-state index < -0.39 is 0 Å². The van der Waals surface area contributed by atoms with Crippen LogP contribution < -0.4 is 15.0 Å². The van der Waals surface area contributed by atoms with E-state index in [-0.39, 0.29) is 0 Å². The fraction of sp³-hybridized carbons (Fsp3) is 0.533. The van der Waals surface area contributed by atoms with E-state index in [0.29, 0.717) is 6.10 Å². The van der Waals surface area contributed by atoms with E-state index in [1.807, 2.05) is 6.07 Å². The molecule has 20 heavy (non-hydrogen) atoms. The van der Waals surface area contributed by atoms with Crippen LogP contribution in [0.3, 0.4) is 0 Å². The maximum atomic E-state index is 5.61. The van der Waals surface area contributed by atoms with E-state index in [1.54, 1.807) is 7.11 Å². The largest absolute Gasteiger partial charge is 0.497 e. The van der Waals surface area contributed by atoms with Gasteiger partial charge in [-0.3, -0.25) is 0 Å². The third-order valence-electron chi connectivity index (χ3n) is 3.93. The lowest BCUT2D eigenvalue weighted by Gasteiger charge is -2.22. The summed E-state index contributed by atoms with van der Waals surface area (Å²) in [4.78, 5) is 2.17. The summed E-state index contributed by atoms with van der Waals surface area (Å²) in [6.45, 7) is 2.62. The summed E-state index contributed by atoms with van der Waals surface area (Å²) in [6, 6.07) is 6.17. The van der Waals surface area contributed by atoms with Gasteiger partial charge in [0.2, 0.25) is 0 Å². The van der Waals surface area contributed by atoms with E-state index in [4.69, 9.17) is 21.7 Å². The summed E-state index contributed by atoms with van der Waals surface area (Å²) >= 11 is 5.51. The second kappa shape index (κ2) is 5.97. The lowest BCUT2D eigenvalue weighted by molar-refractivity contribution is 0.114. The quantitative estimate of drug-likeness (QED) is 0.863. The van der Waals surface area contributed by atoms with Crippen LogP contribution in [0.25, 0.3) is 0 Å². The molecule has 1 aromatic carbocycles. The van der Waals surface area contributed by atoms with Gasteiger partial charge in [0.25, 0.3) is 0 Å². The van der Waals surface area contributed by atoms with Gasteiger partial charge in [-0.05, 0) is 55.2 Å². The van der Waals surface area contributed by atoms with Crippen LogP contribution in [0.2, 0.25) is 0 Å². The van der Waals surface area contributed by atoms with Gasteiger partial charge < -0.3 is 19.7 Å². The smallest absolute Gasteiger partial charge is 0.173 e. The van der Waals surface area contributed by atoms with Crippen LogP contribution in [-0.2, 0) is 11.2 Å². The molecule has 5 heteroatoms. The van der Waals surface area contributed by atoms with Crippen molar-refractivity contribution in [3.05, 3.63) is 23.8 Å². The topological polar surface area (TPSA) is 33.7 Å². The van der Waals surface area contributed by atoms with Crippen molar-refractivity contribution in [2.45, 2.75) is 25.4 Å². The van der Waals surface area contributed by atoms with Gasteiger partial charge in [0.15, 0.2) is 5.11 Å². The van der Waals surface area contributed by atoms with Crippen molar-refractivity contribution in [3.63, 3.8) is 0 Å². The summed E-state index contributed by atoms with van der Waals surface area (Å²) in [5.74, 6) is 0.906. The number of nitrogens with zero attached hydrogens (tertiary/aromatic N) is 1. The molecule has 2 heterocycles. The summed E-state index contributed by atoms with van der Waals surface area (Å²) in [5, 5.41) is 4.13. The first-order chi connectivity index (χ1) is 9.78. The molecule has 4 nitrogen and oxygen atoms in total. The highest BCUT2D eigenvalue weighted by atomic mass is 32.1. The lowest BCUT2D eigenvalue weighted by atomic mass is 10.1. The van der Waals surface area contributed by atoms with E-state index in [1.165, 1.54) is 11.3 Å². The normalized spacial score (nSPS) is 20.9. The Bertz CT molecular complexity index is 501. The van der Waals surface area contributed by atoms with Gasteiger partial charge in [-0.15, -0.1) is 0 Å². The van der Waals surface area contributed by atoms with Crippen molar-refractivity contribution < 1.29 is 9.47 Å². The van der Waals surface area contributed by atoms with E-state index in [9.17, 15) is 0 Å². The zero-order valence-electron chi connectivity index (χ0n) is 11.7. The number of benzene rings is 1. The number of anilines is 1. The Hall–Kier alpha value is -1.33. The second-order valence-electron chi connectivity index (χ2n) is 5.22. The predicted octanol–water partition coefficient (Wildman–Crippen LogP) is 2.11. The first-order valence-corrected chi connectivity index (χ1v) is 7.52. The number of methoxy groups -OCH3 is 1. The highest BCUT2D eigenvalue weighted by Crippen LogP contribution is 2.31. The van der Waals surface area contributed by atoms with Crippen LogP contribution in [0.15, 0.2) is 18.2 Å². The molecule has 0 radical (unpaired) electrons. The molecule has 108 valence electrons. The highest BCUT2D eigenvalue weighted by Gasteiger charge is 2.23. The standard InChI is InChI=1S/C15H20N2O2S/c1-18-12-4-5-14-11(9-12)6-7-17(14)15(20)16-10-13-3-2-8-19-13/h4-5,9,13H,2-3,6-8,10H2,1H3,(H,16,20). The molecule has 1 aromatic rings. The van der Waals surface area contributed by atoms with Crippen LogP contribution in [0.4, 0.5) is 5.69 Å². The number of hydrogen-bond acceptors (Lipinski definition) is 3. The van der Waals surface area contributed by atoms with Crippen molar-refractivity contribution in [3.8, 4) is 5.75 Å². The van der Waals surface area contributed by atoms with Gasteiger partial charge in [0.1, 0.15) is 5.75 Å². The molecule has 2 aliphatic rings. The minimum Gasteiger partial charge on any atom is -0.497 e. The monoisotopic (exact) mass is 292 g/mol. The molecule has 1 unspecified atom stereocenters. The van der Waals surface area contributed by atoms with Crippen LogP contribution >= 0.6 is 12.2 Å². The molecule has 2 aliphatic heterocycles. The Kier molecular flexibility index (Phi) is 4.08. The number of ether oxygens (including phenoxy) is 2. The summed E-state index contributed by atoms with van der Waals surface area (Å²) in [7, 11) is 1.70. The third kappa shape index (κ3) is 2.74. The van der Waals surface area contributed by atoms with Gasteiger partial charge >= 0.3 is 0 Å². The van der Waals surface area contributed by atoms with Gasteiger partial charge in [0, 0.05) is 25.4 Å². The zero-order valence-corrected chi connectivity index (χ0v) is 12.5. The molecule has 0 bridgehead atoms. The second-order valence-corrected chi connectivity index (χ2v) is 5.60. The van der Waals surface area contributed by atoms with Crippen molar-refractivity contribution in [1.82, 2.24) is 5.32 Å². The van der Waals surface area contributed by atoms with E-state index >= 15 is 0 Å². The SMILES string of the molecule is COc1ccc2c(c1)CCN2C(=S)NCC1CCCO1. The Morgan fingerprint density at radius 3 is 3.20 bits per heavy atom. The molecule has 1 atom stereocenters. The summed E-state index contributed by atoms with van der Waals surface area (Å²) in [6.07, 6.45) is 3.61. The first kappa shape index (κ1) is 13.6. The molecule has 0 aromatic heterocycles. The maximum absolute atomic E-state index is 5.61. The van der Waals surface area contributed by atoms with Gasteiger partial charge in [-0.2, -0.15) is 0 Å². The van der Waals surface area contributed by atoms with Crippen LogP contribution in [0, 0.1) is 0 Å². The third-order valence-corrected chi connectivity index (χ3v) is 4.30. The number of thiocarbonyl (C=S) groups is 1. The molecule has 3 rings (SSSR count). The summed E-state index contributed by atoms with van der Waals surface area (Å²) < 4.78 is 10.9. The molecule has 0 spiro atoms. The summed E-state index contributed by atoms with van der Waals surface area (Å²) in [5.41, 5.74) is 2.49. The molecule has 1 N–H and O–H groups in total. The van der Waals surface area contributed by atoms with Crippen molar-refractivity contribution in [2.24, 2.45) is 0 Å². The van der Waals surface area contributed by atoms with E-state index in [0.717, 1.165) is 49.8 Å². The van der Waals surface area contributed by atoms with Crippen molar-refractivity contribution in [1.29, 1.82) is 0 Å². The Morgan fingerprint density at radius 2 is 2.45 bits per heavy atom. The molecular formula is C15H20N2O2S. The fourth-order valence-electron chi connectivity index (χ4n) is 2.82. The van der Waals surface area contributed by atoms with Crippen molar-refractivity contribution in [2.75, 3.05) is 31.7 Å². The maximum Gasteiger partial charge on any atom is 0.173 e. The minimum absolute atomic E-state index is 0.311. The Balaban J connectivity index is 1.63. The Labute approximate surface area is 125 Å². The lowest BCUT2D eigenvalue weighted by Crippen LogP contribution is -2.41. The van der Waals surface area contributed by atoms with Gasteiger partial charge in [-0.25, -0.2) is 0 Å². The average Bonchev–Trinajstić information content (AvgIpc) is 3.13. The number of nitrogens with one attached hydrogen (secondary N) is 1. The van der Waals surface area contributed by atoms with Crippen molar-refractivity contribution >= 4 is 23.0 Å². The molecule has 0 amide bonds. The van der Waals surface area contributed by atoms with Gasteiger partial charge in [-0.1, -0.05) is 0 Å². The highest BCUT2D eigenvalue weighted by molar-refractivity contribution is 7.80. The zero-order chi connectivity index (χ0) is 13.9. The molecular weight excluding hydrogens is 272 g/mol.